The van der Waals surface area contributed by atoms with Crippen molar-refractivity contribution in [2.24, 2.45) is 10.9 Å². The molecule has 0 aromatic rings. The van der Waals surface area contributed by atoms with Crippen molar-refractivity contribution in [3.8, 4) is 0 Å². The summed E-state index contributed by atoms with van der Waals surface area (Å²) in [5.41, 5.74) is 0.230. The molecule has 5 nitrogen and oxygen atoms in total. The molecule has 1 saturated carbocycles. The lowest BCUT2D eigenvalue weighted by atomic mass is 9.78. The molecule has 0 radical (unpaired) electrons. The second-order valence-electron chi connectivity index (χ2n) is 5.86. The van der Waals surface area contributed by atoms with Crippen LogP contribution in [-0.2, 0) is 9.53 Å². The molecule has 1 saturated heterocycles. The van der Waals surface area contributed by atoms with Crippen molar-refractivity contribution in [1.29, 1.82) is 0 Å². The molecule has 2 N–H and O–H groups in total. The highest BCUT2D eigenvalue weighted by Gasteiger charge is 2.40. The number of rotatable bonds is 5. The van der Waals surface area contributed by atoms with Gasteiger partial charge in [0.1, 0.15) is 6.54 Å². The summed E-state index contributed by atoms with van der Waals surface area (Å²) in [6.07, 6.45) is 5.07. The molecule has 2 rings (SSSR count). The van der Waals surface area contributed by atoms with E-state index >= 15 is 0 Å². The van der Waals surface area contributed by atoms with Crippen molar-refractivity contribution < 1.29 is 9.53 Å². The monoisotopic (exact) mass is 299 g/mol. The summed E-state index contributed by atoms with van der Waals surface area (Å²) in [6.45, 7) is 3.61. The van der Waals surface area contributed by atoms with E-state index in [0.29, 0.717) is 13.2 Å². The first kappa shape index (κ1) is 15.6. The van der Waals surface area contributed by atoms with Gasteiger partial charge in [0.25, 0.3) is 0 Å². The van der Waals surface area contributed by atoms with Gasteiger partial charge in [-0.2, -0.15) is 0 Å². The number of nitrogens with zero attached hydrogens (tertiary/aromatic N) is 1. The smallest absolute Gasteiger partial charge is 0.241 e. The Bertz CT molecular complexity index is 375. The van der Waals surface area contributed by atoms with E-state index in [1.54, 1.807) is 18.9 Å². The molecule has 1 spiro atoms. The summed E-state index contributed by atoms with van der Waals surface area (Å²) in [7, 11) is 1.62. The highest BCUT2D eigenvalue weighted by molar-refractivity contribution is 8.14. The van der Waals surface area contributed by atoms with Crippen molar-refractivity contribution in [2.75, 3.05) is 32.6 Å². The summed E-state index contributed by atoms with van der Waals surface area (Å²) in [6, 6.07) is 0. The van der Waals surface area contributed by atoms with Crippen LogP contribution in [0.5, 0.6) is 0 Å². The van der Waals surface area contributed by atoms with Crippen LogP contribution in [0.4, 0.5) is 0 Å². The largest absolute Gasteiger partial charge is 0.383 e. The normalized spacial score (nSPS) is 31.5. The first-order chi connectivity index (χ1) is 9.63. The Morgan fingerprint density at radius 3 is 3.25 bits per heavy atom. The molecule has 0 aromatic heterocycles. The minimum atomic E-state index is -0.0464. The van der Waals surface area contributed by atoms with E-state index in [1.165, 1.54) is 25.7 Å². The van der Waals surface area contributed by atoms with Gasteiger partial charge >= 0.3 is 0 Å². The molecular weight excluding hydrogens is 274 g/mol. The van der Waals surface area contributed by atoms with Crippen molar-refractivity contribution in [1.82, 2.24) is 10.6 Å². The lowest BCUT2D eigenvalue weighted by Crippen LogP contribution is -2.47. The Balaban J connectivity index is 1.77. The molecular formula is C14H25N3O2S. The molecule has 2 atom stereocenters. The molecule has 0 aromatic carbocycles. The van der Waals surface area contributed by atoms with Gasteiger partial charge in [-0.15, -0.1) is 0 Å². The molecule has 1 aliphatic heterocycles. The number of hydrogen-bond acceptors (Lipinski definition) is 4. The molecule has 114 valence electrons. The van der Waals surface area contributed by atoms with E-state index in [-0.39, 0.29) is 18.0 Å². The minimum Gasteiger partial charge on any atom is -0.383 e. The lowest BCUT2D eigenvalue weighted by Gasteiger charge is -2.36. The van der Waals surface area contributed by atoms with Crippen LogP contribution in [0.15, 0.2) is 4.99 Å². The molecule has 2 fully saturated rings. The maximum absolute atomic E-state index is 11.6. The van der Waals surface area contributed by atoms with Crippen LogP contribution in [0.1, 0.15) is 32.6 Å². The van der Waals surface area contributed by atoms with E-state index in [2.05, 4.69) is 22.5 Å². The molecule has 2 aliphatic rings. The summed E-state index contributed by atoms with van der Waals surface area (Å²) < 4.78 is 4.89. The van der Waals surface area contributed by atoms with Gasteiger partial charge in [0.15, 0.2) is 5.17 Å². The van der Waals surface area contributed by atoms with E-state index in [1.807, 2.05) is 0 Å². The van der Waals surface area contributed by atoms with E-state index in [4.69, 9.17) is 4.74 Å². The fourth-order valence-electron chi connectivity index (χ4n) is 2.99. The highest BCUT2D eigenvalue weighted by atomic mass is 32.2. The molecule has 20 heavy (non-hydrogen) atoms. The number of methoxy groups -OCH3 is 1. The van der Waals surface area contributed by atoms with Crippen LogP contribution < -0.4 is 10.6 Å². The molecule has 6 heteroatoms. The number of hydrogen-bond donors (Lipinski definition) is 2. The molecule has 1 aliphatic carbocycles. The number of thioether (sulfide) groups is 1. The zero-order chi connectivity index (χ0) is 14.4. The molecule has 0 bridgehead atoms. The molecule has 1 amide bonds. The SMILES string of the molecule is COCCNC(=O)CN=C1NC2(CCCC(C)C2)CS1. The van der Waals surface area contributed by atoms with Crippen molar-refractivity contribution in [3.05, 3.63) is 0 Å². The standard InChI is InChI=1S/C14H25N3O2S/c1-11-4-3-5-14(8-11)10-20-13(17-14)16-9-12(18)15-6-7-19-2/h11H,3-10H2,1-2H3,(H,15,18)(H,16,17). The summed E-state index contributed by atoms with van der Waals surface area (Å²) >= 11 is 1.75. The minimum absolute atomic E-state index is 0.0464. The summed E-state index contributed by atoms with van der Waals surface area (Å²) in [5, 5.41) is 7.28. The number of aliphatic imine (C=N–C) groups is 1. The third kappa shape index (κ3) is 4.38. The predicted molar refractivity (Wildman–Crippen MR) is 83.1 cm³/mol. The van der Waals surface area contributed by atoms with Gasteiger partial charge in [-0.05, 0) is 18.8 Å². The number of ether oxygens (including phenoxy) is 1. The lowest BCUT2D eigenvalue weighted by molar-refractivity contribution is -0.119. The highest BCUT2D eigenvalue weighted by Crippen LogP contribution is 2.38. The second kappa shape index (κ2) is 7.31. The van der Waals surface area contributed by atoms with Crippen LogP contribution in [0.3, 0.4) is 0 Å². The number of amidine groups is 1. The number of amides is 1. The molecule has 2 unspecified atom stereocenters. The summed E-state index contributed by atoms with van der Waals surface area (Å²) in [5.74, 6) is 1.82. The Labute approximate surface area is 125 Å². The van der Waals surface area contributed by atoms with Crippen LogP contribution in [0.25, 0.3) is 0 Å². The number of carbonyl (C=O) groups excluding carboxylic acids is 1. The van der Waals surface area contributed by atoms with Crippen molar-refractivity contribution >= 4 is 22.8 Å². The predicted octanol–water partition coefficient (Wildman–Crippen LogP) is 1.39. The number of carbonyl (C=O) groups is 1. The Hall–Kier alpha value is -0.750. The van der Waals surface area contributed by atoms with Gasteiger partial charge in [-0.1, -0.05) is 31.5 Å². The van der Waals surface area contributed by atoms with Crippen LogP contribution in [0.2, 0.25) is 0 Å². The zero-order valence-electron chi connectivity index (χ0n) is 12.4. The Kier molecular flexibility index (Phi) is 5.72. The van der Waals surface area contributed by atoms with Gasteiger partial charge in [0.2, 0.25) is 5.91 Å². The van der Waals surface area contributed by atoms with Crippen molar-refractivity contribution in [2.45, 2.75) is 38.1 Å². The van der Waals surface area contributed by atoms with Crippen LogP contribution >= 0.6 is 11.8 Å². The second-order valence-corrected chi connectivity index (χ2v) is 6.82. The fraction of sp³-hybridized carbons (Fsp3) is 0.857. The van der Waals surface area contributed by atoms with Gasteiger partial charge < -0.3 is 15.4 Å². The molecule has 1 heterocycles. The maximum atomic E-state index is 11.6. The third-order valence-electron chi connectivity index (χ3n) is 3.94. The topological polar surface area (TPSA) is 62.7 Å². The van der Waals surface area contributed by atoms with Crippen LogP contribution in [0, 0.1) is 5.92 Å². The average molecular weight is 299 g/mol. The van der Waals surface area contributed by atoms with Gasteiger partial charge in [-0.25, -0.2) is 0 Å². The first-order valence-electron chi connectivity index (χ1n) is 7.35. The maximum Gasteiger partial charge on any atom is 0.241 e. The van der Waals surface area contributed by atoms with Crippen LogP contribution in [-0.4, -0.2) is 49.2 Å². The Morgan fingerprint density at radius 1 is 1.65 bits per heavy atom. The average Bonchev–Trinajstić information content (AvgIpc) is 2.79. The van der Waals surface area contributed by atoms with Gasteiger partial charge in [-0.3, -0.25) is 9.79 Å². The van der Waals surface area contributed by atoms with Crippen molar-refractivity contribution in [3.63, 3.8) is 0 Å². The van der Waals surface area contributed by atoms with E-state index in [0.717, 1.165) is 16.8 Å². The fourth-order valence-corrected chi connectivity index (χ4v) is 4.18. The van der Waals surface area contributed by atoms with E-state index in [9.17, 15) is 4.79 Å². The zero-order valence-corrected chi connectivity index (χ0v) is 13.2. The Morgan fingerprint density at radius 2 is 2.50 bits per heavy atom. The first-order valence-corrected chi connectivity index (χ1v) is 8.33. The van der Waals surface area contributed by atoms with Gasteiger partial charge in [0.05, 0.1) is 6.61 Å². The van der Waals surface area contributed by atoms with E-state index < -0.39 is 0 Å². The number of nitrogens with one attached hydrogen (secondary N) is 2. The summed E-state index contributed by atoms with van der Waals surface area (Å²) in [4.78, 5) is 16.0. The third-order valence-corrected chi connectivity index (χ3v) is 5.14. The quantitative estimate of drug-likeness (QED) is 0.753. The van der Waals surface area contributed by atoms with Gasteiger partial charge in [0, 0.05) is 24.9 Å².